The van der Waals surface area contributed by atoms with Crippen molar-refractivity contribution in [3.63, 3.8) is 0 Å². The van der Waals surface area contributed by atoms with Crippen LogP contribution in [0.15, 0.2) is 36.0 Å². The van der Waals surface area contributed by atoms with Gasteiger partial charge in [0.25, 0.3) is 0 Å². The van der Waals surface area contributed by atoms with Crippen LogP contribution in [0, 0.1) is 12.8 Å². The molecule has 32 heavy (non-hydrogen) atoms. The Balaban J connectivity index is 1.40. The van der Waals surface area contributed by atoms with Crippen LogP contribution >= 0.6 is 0 Å². The van der Waals surface area contributed by atoms with Crippen molar-refractivity contribution in [3.05, 3.63) is 64.0 Å². The van der Waals surface area contributed by atoms with Crippen molar-refractivity contribution in [3.8, 4) is 5.75 Å². The van der Waals surface area contributed by atoms with Gasteiger partial charge in [0.15, 0.2) is 0 Å². The quantitative estimate of drug-likeness (QED) is 0.696. The van der Waals surface area contributed by atoms with Gasteiger partial charge in [0.2, 0.25) is 0 Å². The zero-order valence-electron chi connectivity index (χ0n) is 18.0. The molecule has 1 fully saturated rings. The number of carbonyl (C=O) groups is 1. The van der Waals surface area contributed by atoms with Crippen molar-refractivity contribution in [1.82, 2.24) is 9.88 Å². The molecule has 5 nitrogen and oxygen atoms in total. The standard InChI is InChI=1S/C24H25F3N2O3/c1-14-7-19(28-9-22(14)24(25,26)27)13-32-20-5-6-21-15(2)17(4-3-16(21)8-20)10-29-11-18(12-29)23(30)31/h5-9,18H,3-4,10-13H2,1-2H3,(H,30,31). The monoisotopic (exact) mass is 446 g/mol. The minimum absolute atomic E-state index is 0.0948. The summed E-state index contributed by atoms with van der Waals surface area (Å²) >= 11 is 0. The number of carboxylic acids is 1. The summed E-state index contributed by atoms with van der Waals surface area (Å²) in [4.78, 5) is 17.1. The Kier molecular flexibility index (Phi) is 5.99. The summed E-state index contributed by atoms with van der Waals surface area (Å²) in [5, 5.41) is 9.04. The summed E-state index contributed by atoms with van der Waals surface area (Å²) in [7, 11) is 0. The van der Waals surface area contributed by atoms with Gasteiger partial charge in [0.05, 0.1) is 17.2 Å². The number of carboxylic acid groups (broad SMARTS) is 1. The smallest absolute Gasteiger partial charge is 0.418 e. The fourth-order valence-corrected chi connectivity index (χ4v) is 4.37. The molecule has 0 spiro atoms. The van der Waals surface area contributed by atoms with Crippen molar-refractivity contribution in [2.24, 2.45) is 5.92 Å². The van der Waals surface area contributed by atoms with Crippen molar-refractivity contribution in [2.45, 2.75) is 39.5 Å². The molecule has 1 aromatic carbocycles. The van der Waals surface area contributed by atoms with E-state index in [1.807, 2.05) is 18.2 Å². The van der Waals surface area contributed by atoms with E-state index in [-0.39, 0.29) is 18.1 Å². The Bertz CT molecular complexity index is 1070. The van der Waals surface area contributed by atoms with Crippen molar-refractivity contribution < 1.29 is 27.8 Å². The number of aromatic nitrogens is 1. The Morgan fingerprint density at radius 2 is 1.97 bits per heavy atom. The van der Waals surface area contributed by atoms with Crippen LogP contribution in [0.4, 0.5) is 13.2 Å². The normalized spacial score (nSPS) is 17.2. The Labute approximate surface area is 184 Å². The minimum Gasteiger partial charge on any atom is -0.487 e. The van der Waals surface area contributed by atoms with Gasteiger partial charge < -0.3 is 9.84 Å². The second-order valence-electron chi connectivity index (χ2n) is 8.55. The number of benzene rings is 1. The molecule has 0 radical (unpaired) electrons. The lowest BCUT2D eigenvalue weighted by molar-refractivity contribution is -0.147. The number of aryl methyl sites for hydroxylation is 2. The molecule has 2 aliphatic rings. The third-order valence-electron chi connectivity index (χ3n) is 6.29. The zero-order chi connectivity index (χ0) is 23.0. The molecule has 0 unspecified atom stereocenters. The molecule has 1 aliphatic carbocycles. The number of hydrogen-bond acceptors (Lipinski definition) is 4. The summed E-state index contributed by atoms with van der Waals surface area (Å²) in [6, 6.07) is 7.27. The minimum atomic E-state index is -4.41. The first-order chi connectivity index (χ1) is 15.1. The van der Waals surface area contributed by atoms with Crippen LogP contribution in [0.5, 0.6) is 5.75 Å². The van der Waals surface area contributed by atoms with Gasteiger partial charge in [-0.3, -0.25) is 14.7 Å². The molecule has 0 saturated carbocycles. The van der Waals surface area contributed by atoms with E-state index in [2.05, 4.69) is 16.8 Å². The molecular formula is C24H25F3N2O3. The van der Waals surface area contributed by atoms with E-state index in [4.69, 9.17) is 9.84 Å². The highest BCUT2D eigenvalue weighted by Crippen LogP contribution is 2.35. The van der Waals surface area contributed by atoms with Gasteiger partial charge in [-0.2, -0.15) is 13.2 Å². The third-order valence-corrected chi connectivity index (χ3v) is 6.29. The molecule has 4 rings (SSSR count). The molecule has 0 amide bonds. The number of halogens is 3. The van der Waals surface area contributed by atoms with Gasteiger partial charge in [0.1, 0.15) is 12.4 Å². The molecule has 1 aromatic heterocycles. The van der Waals surface area contributed by atoms with E-state index in [1.165, 1.54) is 29.7 Å². The van der Waals surface area contributed by atoms with E-state index < -0.39 is 17.7 Å². The topological polar surface area (TPSA) is 62.7 Å². The maximum Gasteiger partial charge on any atom is 0.418 e. The third kappa shape index (κ3) is 4.65. The first-order valence-electron chi connectivity index (χ1n) is 10.5. The van der Waals surface area contributed by atoms with E-state index >= 15 is 0 Å². The number of likely N-dealkylation sites (tertiary alicyclic amines) is 1. The average molecular weight is 446 g/mol. The maximum absolute atomic E-state index is 12.9. The average Bonchev–Trinajstić information content (AvgIpc) is 2.69. The molecule has 170 valence electrons. The van der Waals surface area contributed by atoms with Gasteiger partial charge >= 0.3 is 12.1 Å². The van der Waals surface area contributed by atoms with E-state index in [0.717, 1.165) is 31.1 Å². The summed E-state index contributed by atoms with van der Waals surface area (Å²) in [5.41, 5.74) is 4.73. The number of allylic oxidation sites excluding steroid dienone is 1. The second-order valence-corrected chi connectivity index (χ2v) is 8.55. The molecule has 0 bridgehead atoms. The highest BCUT2D eigenvalue weighted by atomic mass is 19.4. The molecule has 2 aromatic rings. The molecule has 0 atom stereocenters. The lowest BCUT2D eigenvalue weighted by Gasteiger charge is -2.38. The summed E-state index contributed by atoms with van der Waals surface area (Å²) in [6.07, 6.45) is -1.77. The fourth-order valence-electron chi connectivity index (χ4n) is 4.37. The number of pyridine rings is 1. The number of fused-ring (bicyclic) bond motifs is 1. The van der Waals surface area contributed by atoms with Crippen molar-refractivity contribution in [1.29, 1.82) is 0 Å². The largest absolute Gasteiger partial charge is 0.487 e. The molecular weight excluding hydrogens is 421 g/mol. The lowest BCUT2D eigenvalue weighted by Crippen LogP contribution is -2.50. The van der Waals surface area contributed by atoms with Crippen LogP contribution in [0.2, 0.25) is 0 Å². The van der Waals surface area contributed by atoms with Crippen LogP contribution in [-0.2, 0) is 24.0 Å². The highest BCUT2D eigenvalue weighted by molar-refractivity contribution is 5.73. The highest BCUT2D eigenvalue weighted by Gasteiger charge is 2.34. The van der Waals surface area contributed by atoms with Gasteiger partial charge in [0, 0.05) is 25.8 Å². The number of nitrogens with zero attached hydrogens (tertiary/aromatic N) is 2. The predicted molar refractivity (Wildman–Crippen MR) is 113 cm³/mol. The summed E-state index contributed by atoms with van der Waals surface area (Å²) < 4.78 is 44.5. The Morgan fingerprint density at radius 1 is 1.22 bits per heavy atom. The van der Waals surface area contributed by atoms with Crippen LogP contribution in [0.25, 0.3) is 5.57 Å². The molecule has 1 aliphatic heterocycles. The molecule has 1 saturated heterocycles. The van der Waals surface area contributed by atoms with Crippen LogP contribution in [0.3, 0.4) is 0 Å². The van der Waals surface area contributed by atoms with Crippen LogP contribution in [0.1, 0.15) is 41.3 Å². The number of hydrogen-bond donors (Lipinski definition) is 1. The molecule has 1 N–H and O–H groups in total. The lowest BCUT2D eigenvalue weighted by atomic mass is 9.85. The first-order valence-corrected chi connectivity index (χ1v) is 10.5. The number of ether oxygens (including phenoxy) is 1. The second kappa shape index (κ2) is 8.58. The summed E-state index contributed by atoms with van der Waals surface area (Å²) in [5.74, 6) is -0.323. The van der Waals surface area contributed by atoms with Gasteiger partial charge in [-0.25, -0.2) is 0 Å². The van der Waals surface area contributed by atoms with Crippen LogP contribution < -0.4 is 4.74 Å². The van der Waals surface area contributed by atoms with Gasteiger partial charge in [-0.15, -0.1) is 0 Å². The summed E-state index contributed by atoms with van der Waals surface area (Å²) in [6.45, 7) is 5.61. The zero-order valence-corrected chi connectivity index (χ0v) is 18.0. The fraction of sp³-hybridized carbons (Fsp3) is 0.417. The maximum atomic E-state index is 12.9. The number of alkyl halides is 3. The number of rotatable bonds is 6. The van der Waals surface area contributed by atoms with E-state index in [0.29, 0.717) is 24.5 Å². The first kappa shape index (κ1) is 22.3. The SMILES string of the molecule is CC1=C(CN2CC(C(=O)O)C2)CCc2cc(OCc3cc(C)c(C(F)(F)F)cn3)ccc21. The van der Waals surface area contributed by atoms with Crippen LogP contribution in [-0.4, -0.2) is 40.6 Å². The van der Waals surface area contributed by atoms with E-state index in [9.17, 15) is 18.0 Å². The van der Waals surface area contributed by atoms with Crippen molar-refractivity contribution >= 4 is 11.5 Å². The van der Waals surface area contributed by atoms with Crippen molar-refractivity contribution in [2.75, 3.05) is 19.6 Å². The van der Waals surface area contributed by atoms with Gasteiger partial charge in [-0.1, -0.05) is 11.6 Å². The number of aliphatic carboxylic acids is 1. The Morgan fingerprint density at radius 3 is 2.62 bits per heavy atom. The Hall–Kier alpha value is -2.87. The van der Waals surface area contributed by atoms with Gasteiger partial charge in [-0.05, 0) is 67.2 Å². The van der Waals surface area contributed by atoms with E-state index in [1.54, 1.807) is 0 Å². The predicted octanol–water partition coefficient (Wildman–Crippen LogP) is 4.72. The molecule has 2 heterocycles. The molecule has 8 heteroatoms.